The number of aliphatic hydroxyl groups is 1. The Labute approximate surface area is 143 Å². The number of β-amino-alcohol motifs (C(OH)–C–C–N with tert-alkyl or cyclic N) is 1. The largest absolute Gasteiger partial charge is 0.390 e. The van der Waals surface area contributed by atoms with Gasteiger partial charge in [-0.3, -0.25) is 14.5 Å². The normalized spacial score (nSPS) is 19.9. The number of aromatic nitrogens is 3. The zero-order valence-electron chi connectivity index (χ0n) is 14.3. The second-order valence-electron chi connectivity index (χ2n) is 6.74. The molecule has 0 amide bonds. The number of benzene rings is 1. The van der Waals surface area contributed by atoms with Crippen LogP contribution in [-0.2, 0) is 13.1 Å². The summed E-state index contributed by atoms with van der Waals surface area (Å²) in [6.45, 7) is 4.17. The molecule has 1 aromatic heterocycles. The SMILES string of the molecule is CN(Cc1ccccc1)C[C@@H](O)CN1CCC[C@H]1Cn1cncn1. The van der Waals surface area contributed by atoms with Crippen LogP contribution in [0.1, 0.15) is 18.4 Å². The third kappa shape index (κ3) is 4.87. The lowest BCUT2D eigenvalue weighted by Gasteiger charge is -2.28. The Kier molecular flexibility index (Phi) is 5.96. The van der Waals surface area contributed by atoms with Gasteiger partial charge in [0.15, 0.2) is 0 Å². The van der Waals surface area contributed by atoms with Crippen molar-refractivity contribution in [3.63, 3.8) is 0 Å². The topological polar surface area (TPSA) is 57.4 Å². The molecule has 0 bridgehead atoms. The van der Waals surface area contributed by atoms with E-state index in [1.807, 2.05) is 10.7 Å². The summed E-state index contributed by atoms with van der Waals surface area (Å²) >= 11 is 0. The first-order valence-corrected chi connectivity index (χ1v) is 8.67. The van der Waals surface area contributed by atoms with Gasteiger partial charge in [-0.15, -0.1) is 0 Å². The number of likely N-dealkylation sites (N-methyl/N-ethyl adjacent to an activating group) is 1. The molecule has 0 aliphatic carbocycles. The summed E-state index contributed by atoms with van der Waals surface area (Å²) in [5.74, 6) is 0. The molecule has 6 nitrogen and oxygen atoms in total. The van der Waals surface area contributed by atoms with Gasteiger partial charge in [0.1, 0.15) is 12.7 Å². The van der Waals surface area contributed by atoms with Gasteiger partial charge >= 0.3 is 0 Å². The van der Waals surface area contributed by atoms with Crippen molar-refractivity contribution in [3.05, 3.63) is 48.5 Å². The highest BCUT2D eigenvalue weighted by Gasteiger charge is 2.27. The molecular formula is C18H27N5O. The smallest absolute Gasteiger partial charge is 0.137 e. The van der Waals surface area contributed by atoms with Gasteiger partial charge in [0.2, 0.25) is 0 Å². The van der Waals surface area contributed by atoms with Gasteiger partial charge in [0, 0.05) is 25.7 Å². The lowest BCUT2D eigenvalue weighted by Crippen LogP contribution is -2.42. The first kappa shape index (κ1) is 17.1. The summed E-state index contributed by atoms with van der Waals surface area (Å²) in [4.78, 5) is 8.58. The Morgan fingerprint density at radius 1 is 1.33 bits per heavy atom. The Morgan fingerprint density at radius 3 is 2.92 bits per heavy atom. The van der Waals surface area contributed by atoms with E-state index < -0.39 is 0 Å². The second kappa shape index (κ2) is 8.37. The number of rotatable bonds is 8. The number of hydrogen-bond acceptors (Lipinski definition) is 5. The molecule has 1 N–H and O–H groups in total. The fourth-order valence-electron chi connectivity index (χ4n) is 3.53. The van der Waals surface area contributed by atoms with Crippen LogP contribution in [0.3, 0.4) is 0 Å². The van der Waals surface area contributed by atoms with Gasteiger partial charge in [-0.2, -0.15) is 5.10 Å². The maximum Gasteiger partial charge on any atom is 0.137 e. The lowest BCUT2D eigenvalue weighted by molar-refractivity contribution is 0.0716. The molecule has 0 saturated carbocycles. The van der Waals surface area contributed by atoms with Crippen molar-refractivity contribution in [2.45, 2.75) is 38.1 Å². The minimum Gasteiger partial charge on any atom is -0.390 e. The van der Waals surface area contributed by atoms with Gasteiger partial charge in [-0.05, 0) is 32.0 Å². The highest BCUT2D eigenvalue weighted by Crippen LogP contribution is 2.19. The summed E-state index contributed by atoms with van der Waals surface area (Å²) in [5, 5.41) is 14.7. The van der Waals surface area contributed by atoms with E-state index in [0.29, 0.717) is 12.6 Å². The molecule has 1 aromatic carbocycles. The van der Waals surface area contributed by atoms with Gasteiger partial charge < -0.3 is 5.11 Å². The number of aliphatic hydroxyl groups excluding tert-OH is 1. The highest BCUT2D eigenvalue weighted by atomic mass is 16.3. The van der Waals surface area contributed by atoms with Crippen molar-refractivity contribution in [2.24, 2.45) is 0 Å². The van der Waals surface area contributed by atoms with E-state index >= 15 is 0 Å². The van der Waals surface area contributed by atoms with Crippen molar-refractivity contribution in [1.29, 1.82) is 0 Å². The molecule has 2 aromatic rings. The van der Waals surface area contributed by atoms with Crippen molar-refractivity contribution in [3.8, 4) is 0 Å². The summed E-state index contributed by atoms with van der Waals surface area (Å²) in [6, 6.07) is 10.8. The zero-order chi connectivity index (χ0) is 16.8. The van der Waals surface area contributed by atoms with Crippen molar-refractivity contribution < 1.29 is 5.11 Å². The van der Waals surface area contributed by atoms with E-state index in [0.717, 1.165) is 32.6 Å². The number of likely N-dealkylation sites (tertiary alicyclic amines) is 1. The highest BCUT2D eigenvalue weighted by molar-refractivity contribution is 5.14. The zero-order valence-corrected chi connectivity index (χ0v) is 14.3. The predicted octanol–water partition coefficient (Wildman–Crippen LogP) is 1.24. The van der Waals surface area contributed by atoms with E-state index in [1.54, 1.807) is 12.7 Å². The average molecular weight is 329 g/mol. The molecule has 1 saturated heterocycles. The van der Waals surface area contributed by atoms with Crippen LogP contribution in [0.25, 0.3) is 0 Å². The summed E-state index contributed by atoms with van der Waals surface area (Å²) < 4.78 is 1.89. The Bertz CT molecular complexity index is 589. The molecule has 24 heavy (non-hydrogen) atoms. The first-order chi connectivity index (χ1) is 11.7. The molecule has 6 heteroatoms. The van der Waals surface area contributed by atoms with Crippen LogP contribution in [0.5, 0.6) is 0 Å². The van der Waals surface area contributed by atoms with E-state index in [-0.39, 0.29) is 6.10 Å². The molecule has 1 aliphatic heterocycles. The number of hydrogen-bond donors (Lipinski definition) is 1. The van der Waals surface area contributed by atoms with E-state index in [9.17, 15) is 5.11 Å². The standard InChI is InChI=1S/C18H27N5O/c1-21(10-16-6-3-2-4-7-16)12-18(24)13-22-9-5-8-17(22)11-23-15-19-14-20-23/h2-4,6-7,14-15,17-18,24H,5,8-13H2,1H3/t17-,18+/m0/s1. The van der Waals surface area contributed by atoms with Gasteiger partial charge in [-0.25, -0.2) is 4.98 Å². The first-order valence-electron chi connectivity index (χ1n) is 8.67. The molecule has 0 radical (unpaired) electrons. The molecule has 2 heterocycles. The molecule has 0 spiro atoms. The van der Waals surface area contributed by atoms with Crippen LogP contribution in [0.2, 0.25) is 0 Å². The van der Waals surface area contributed by atoms with Crippen LogP contribution in [0.15, 0.2) is 43.0 Å². The van der Waals surface area contributed by atoms with Crippen molar-refractivity contribution in [1.82, 2.24) is 24.6 Å². The van der Waals surface area contributed by atoms with Crippen molar-refractivity contribution in [2.75, 3.05) is 26.7 Å². The third-order valence-corrected chi connectivity index (χ3v) is 4.63. The average Bonchev–Trinajstić information content (AvgIpc) is 3.21. The van der Waals surface area contributed by atoms with Crippen LogP contribution in [0.4, 0.5) is 0 Å². The number of nitrogens with zero attached hydrogens (tertiary/aromatic N) is 5. The molecule has 130 valence electrons. The quantitative estimate of drug-likeness (QED) is 0.789. The second-order valence-corrected chi connectivity index (χ2v) is 6.74. The molecule has 0 unspecified atom stereocenters. The van der Waals surface area contributed by atoms with E-state index in [1.165, 1.54) is 12.0 Å². The third-order valence-electron chi connectivity index (χ3n) is 4.63. The monoisotopic (exact) mass is 329 g/mol. The van der Waals surface area contributed by atoms with Gasteiger partial charge in [0.25, 0.3) is 0 Å². The molecular weight excluding hydrogens is 302 g/mol. The summed E-state index contributed by atoms with van der Waals surface area (Å²) in [5.41, 5.74) is 1.28. The Balaban J connectivity index is 1.45. The fraction of sp³-hybridized carbons (Fsp3) is 0.556. The summed E-state index contributed by atoms with van der Waals surface area (Å²) in [6.07, 6.45) is 5.35. The van der Waals surface area contributed by atoms with E-state index in [2.05, 4.69) is 51.2 Å². The van der Waals surface area contributed by atoms with Gasteiger partial charge in [-0.1, -0.05) is 30.3 Å². The van der Waals surface area contributed by atoms with Crippen LogP contribution in [-0.4, -0.2) is 68.5 Å². The Hall–Kier alpha value is -1.76. The molecule has 1 aliphatic rings. The molecule has 2 atom stereocenters. The molecule has 3 rings (SSSR count). The predicted molar refractivity (Wildman–Crippen MR) is 93.4 cm³/mol. The van der Waals surface area contributed by atoms with E-state index in [4.69, 9.17) is 0 Å². The van der Waals surface area contributed by atoms with Crippen LogP contribution >= 0.6 is 0 Å². The van der Waals surface area contributed by atoms with Crippen LogP contribution in [0, 0.1) is 0 Å². The summed E-state index contributed by atoms with van der Waals surface area (Å²) in [7, 11) is 2.06. The van der Waals surface area contributed by atoms with Gasteiger partial charge in [0.05, 0.1) is 12.6 Å². The van der Waals surface area contributed by atoms with Crippen LogP contribution < -0.4 is 0 Å². The minimum absolute atomic E-state index is 0.338. The maximum absolute atomic E-state index is 10.5. The minimum atomic E-state index is -0.338. The maximum atomic E-state index is 10.5. The van der Waals surface area contributed by atoms with Crippen molar-refractivity contribution >= 4 is 0 Å². The Morgan fingerprint density at radius 2 is 2.17 bits per heavy atom. The lowest BCUT2D eigenvalue weighted by atomic mass is 10.2. The molecule has 1 fully saturated rings. The fourth-order valence-corrected chi connectivity index (χ4v) is 3.53.